The summed E-state index contributed by atoms with van der Waals surface area (Å²) in [6, 6.07) is 7.07. The third kappa shape index (κ3) is 2.05. The van der Waals surface area contributed by atoms with Crippen LogP contribution in [0.15, 0.2) is 18.2 Å². The first-order valence-corrected chi connectivity index (χ1v) is 7.13. The fraction of sp³-hybridized carbons (Fsp3) is 0.625. The molecule has 1 N–H and O–H groups in total. The quantitative estimate of drug-likeness (QED) is 0.887. The van der Waals surface area contributed by atoms with E-state index in [-0.39, 0.29) is 0 Å². The first-order chi connectivity index (χ1) is 9.03. The van der Waals surface area contributed by atoms with Crippen LogP contribution in [0.25, 0.3) is 0 Å². The summed E-state index contributed by atoms with van der Waals surface area (Å²) in [6.07, 6.45) is 4.11. The Balaban J connectivity index is 1.97. The number of hydrogen-bond acceptors (Lipinski definition) is 3. The van der Waals surface area contributed by atoms with E-state index in [1.54, 1.807) is 7.11 Å². The van der Waals surface area contributed by atoms with Crippen LogP contribution in [0.3, 0.4) is 0 Å². The maximum atomic E-state index is 11.2. The maximum Gasteiger partial charge on any atom is 0.119 e. The van der Waals surface area contributed by atoms with E-state index in [1.807, 2.05) is 18.2 Å². The second-order valence-electron chi connectivity index (χ2n) is 6.17. The first-order valence-electron chi connectivity index (χ1n) is 7.13. The van der Waals surface area contributed by atoms with Crippen molar-refractivity contribution in [2.24, 2.45) is 0 Å². The first kappa shape index (κ1) is 12.9. The van der Waals surface area contributed by atoms with Crippen LogP contribution < -0.4 is 4.74 Å². The molecule has 2 saturated heterocycles. The van der Waals surface area contributed by atoms with Crippen LogP contribution in [0.2, 0.25) is 0 Å². The molecular formula is C16H23NO2. The number of methoxy groups -OCH3 is 1. The van der Waals surface area contributed by atoms with Gasteiger partial charge in [0.1, 0.15) is 5.75 Å². The lowest BCUT2D eigenvalue weighted by Gasteiger charge is -2.43. The zero-order chi connectivity index (χ0) is 13.6. The van der Waals surface area contributed by atoms with Crippen LogP contribution >= 0.6 is 0 Å². The predicted octanol–water partition coefficient (Wildman–Crippen LogP) is 2.45. The third-order valence-electron chi connectivity index (χ3n) is 5.08. The average Bonchev–Trinajstić information content (AvgIpc) is 2.63. The lowest BCUT2D eigenvalue weighted by Crippen LogP contribution is -2.47. The van der Waals surface area contributed by atoms with Gasteiger partial charge in [0.15, 0.2) is 0 Å². The van der Waals surface area contributed by atoms with Crippen LogP contribution in [0.5, 0.6) is 5.75 Å². The molecule has 0 radical (unpaired) electrons. The van der Waals surface area contributed by atoms with Crippen LogP contribution in [0.1, 0.15) is 36.8 Å². The van der Waals surface area contributed by atoms with E-state index in [0.717, 1.165) is 29.7 Å². The topological polar surface area (TPSA) is 32.7 Å². The van der Waals surface area contributed by atoms with Gasteiger partial charge in [-0.1, -0.05) is 6.07 Å². The monoisotopic (exact) mass is 261 g/mol. The Morgan fingerprint density at radius 2 is 1.89 bits per heavy atom. The van der Waals surface area contributed by atoms with Crippen LogP contribution in [-0.4, -0.2) is 36.2 Å². The highest BCUT2D eigenvalue weighted by Crippen LogP contribution is 2.46. The van der Waals surface area contributed by atoms with Gasteiger partial charge in [0.2, 0.25) is 0 Å². The molecule has 19 heavy (non-hydrogen) atoms. The number of benzene rings is 1. The van der Waals surface area contributed by atoms with Gasteiger partial charge in [-0.05, 0) is 62.9 Å². The Morgan fingerprint density at radius 1 is 1.26 bits per heavy atom. The summed E-state index contributed by atoms with van der Waals surface area (Å²) < 4.78 is 5.31. The molecule has 2 fully saturated rings. The van der Waals surface area contributed by atoms with Crippen molar-refractivity contribution in [1.29, 1.82) is 0 Å². The molecule has 1 aromatic rings. The molecule has 3 heteroatoms. The number of aliphatic hydroxyl groups is 1. The van der Waals surface area contributed by atoms with Gasteiger partial charge in [0.25, 0.3) is 0 Å². The van der Waals surface area contributed by atoms with E-state index in [0.29, 0.717) is 12.1 Å². The summed E-state index contributed by atoms with van der Waals surface area (Å²) in [4.78, 5) is 2.45. The SMILES string of the molecule is COc1ccc(C)c(C2(O)CC3CCC(C2)N3C)c1. The maximum absolute atomic E-state index is 11.2. The molecule has 2 bridgehead atoms. The molecule has 0 aromatic heterocycles. The van der Waals surface area contributed by atoms with Crippen LogP contribution in [0.4, 0.5) is 0 Å². The molecule has 1 aromatic carbocycles. The highest BCUT2D eigenvalue weighted by Gasteiger charge is 2.47. The summed E-state index contributed by atoms with van der Waals surface area (Å²) in [5, 5.41) is 11.2. The Morgan fingerprint density at radius 3 is 2.47 bits per heavy atom. The van der Waals surface area contributed by atoms with Crippen molar-refractivity contribution in [2.75, 3.05) is 14.2 Å². The molecule has 2 unspecified atom stereocenters. The van der Waals surface area contributed by atoms with Crippen molar-refractivity contribution in [3.05, 3.63) is 29.3 Å². The fourth-order valence-electron chi connectivity index (χ4n) is 3.89. The van der Waals surface area contributed by atoms with Crippen molar-refractivity contribution in [3.8, 4) is 5.75 Å². The van der Waals surface area contributed by atoms with Gasteiger partial charge in [-0.2, -0.15) is 0 Å². The lowest BCUT2D eigenvalue weighted by atomic mass is 9.79. The third-order valence-corrected chi connectivity index (χ3v) is 5.08. The number of nitrogens with zero attached hydrogens (tertiary/aromatic N) is 1. The summed E-state index contributed by atoms with van der Waals surface area (Å²) >= 11 is 0. The minimum absolute atomic E-state index is 0.523. The molecule has 2 aliphatic heterocycles. The van der Waals surface area contributed by atoms with Crippen LogP contribution in [0, 0.1) is 6.92 Å². The molecular weight excluding hydrogens is 238 g/mol. The van der Waals surface area contributed by atoms with Gasteiger partial charge in [-0.3, -0.25) is 0 Å². The fourth-order valence-corrected chi connectivity index (χ4v) is 3.89. The highest BCUT2D eigenvalue weighted by atomic mass is 16.5. The molecule has 0 saturated carbocycles. The zero-order valence-corrected chi connectivity index (χ0v) is 12.0. The van der Waals surface area contributed by atoms with Gasteiger partial charge in [0, 0.05) is 12.1 Å². The largest absolute Gasteiger partial charge is 0.497 e. The van der Waals surface area contributed by atoms with E-state index < -0.39 is 5.60 Å². The number of rotatable bonds is 2. The molecule has 2 atom stereocenters. The van der Waals surface area contributed by atoms with E-state index in [2.05, 4.69) is 18.9 Å². The second kappa shape index (κ2) is 4.50. The molecule has 2 heterocycles. The van der Waals surface area contributed by atoms with E-state index >= 15 is 0 Å². The zero-order valence-electron chi connectivity index (χ0n) is 12.0. The summed E-state index contributed by atoms with van der Waals surface area (Å²) in [6.45, 7) is 2.08. The summed E-state index contributed by atoms with van der Waals surface area (Å²) in [5.74, 6) is 0.834. The van der Waals surface area contributed by atoms with Gasteiger partial charge < -0.3 is 14.7 Å². The Labute approximate surface area is 115 Å². The number of ether oxygens (including phenoxy) is 1. The molecule has 0 aliphatic carbocycles. The summed E-state index contributed by atoms with van der Waals surface area (Å²) in [7, 11) is 3.87. The van der Waals surface area contributed by atoms with Crippen molar-refractivity contribution in [1.82, 2.24) is 4.90 Å². The Kier molecular flexibility index (Phi) is 3.06. The Hall–Kier alpha value is -1.06. The minimum atomic E-state index is -0.684. The van der Waals surface area contributed by atoms with Gasteiger partial charge in [-0.25, -0.2) is 0 Å². The Bertz CT molecular complexity index is 472. The van der Waals surface area contributed by atoms with Crippen molar-refractivity contribution in [3.63, 3.8) is 0 Å². The van der Waals surface area contributed by atoms with Crippen LogP contribution in [-0.2, 0) is 5.60 Å². The average molecular weight is 261 g/mol. The molecule has 3 rings (SSSR count). The number of fused-ring (bicyclic) bond motifs is 2. The van der Waals surface area contributed by atoms with Crippen molar-refractivity contribution < 1.29 is 9.84 Å². The summed E-state index contributed by atoms with van der Waals surface area (Å²) in [5.41, 5.74) is 1.53. The highest BCUT2D eigenvalue weighted by molar-refractivity contribution is 5.39. The predicted molar refractivity (Wildman–Crippen MR) is 75.4 cm³/mol. The van der Waals surface area contributed by atoms with Gasteiger partial charge in [0.05, 0.1) is 12.7 Å². The molecule has 0 spiro atoms. The second-order valence-corrected chi connectivity index (χ2v) is 6.17. The molecule has 0 amide bonds. The molecule has 104 valence electrons. The van der Waals surface area contributed by atoms with Crippen molar-refractivity contribution >= 4 is 0 Å². The number of aryl methyl sites for hydroxylation is 1. The van der Waals surface area contributed by atoms with E-state index in [1.165, 1.54) is 12.8 Å². The van der Waals surface area contributed by atoms with Crippen molar-refractivity contribution in [2.45, 2.75) is 50.3 Å². The normalized spacial score (nSPS) is 34.5. The lowest BCUT2D eigenvalue weighted by molar-refractivity contribution is -0.0498. The number of piperidine rings is 1. The van der Waals surface area contributed by atoms with E-state index in [4.69, 9.17) is 4.74 Å². The van der Waals surface area contributed by atoms with Gasteiger partial charge in [-0.15, -0.1) is 0 Å². The molecule has 3 nitrogen and oxygen atoms in total. The number of hydrogen-bond donors (Lipinski definition) is 1. The molecule has 2 aliphatic rings. The smallest absolute Gasteiger partial charge is 0.119 e. The van der Waals surface area contributed by atoms with E-state index in [9.17, 15) is 5.11 Å². The minimum Gasteiger partial charge on any atom is -0.497 e. The van der Waals surface area contributed by atoms with Gasteiger partial charge >= 0.3 is 0 Å². The standard InChI is InChI=1S/C16H23NO2/c1-11-4-7-14(19-3)8-15(11)16(18)9-12-5-6-13(10-16)17(12)2/h4,7-8,12-13,18H,5-6,9-10H2,1-3H3.